The molecule has 288 valence electrons. The Kier molecular flexibility index (Phi) is 12.3. The van der Waals surface area contributed by atoms with Gasteiger partial charge in [-0.05, 0) is 91.4 Å². The van der Waals surface area contributed by atoms with Crippen molar-refractivity contribution in [1.29, 1.82) is 0 Å². The lowest BCUT2D eigenvalue weighted by Gasteiger charge is -2.66. The van der Waals surface area contributed by atoms with Crippen LogP contribution in [0.3, 0.4) is 0 Å². The van der Waals surface area contributed by atoms with Crippen molar-refractivity contribution >= 4 is 11.9 Å². The van der Waals surface area contributed by atoms with E-state index >= 15 is 0 Å². The summed E-state index contributed by atoms with van der Waals surface area (Å²) in [6.07, 6.45) is 16.7. The molecule has 0 saturated heterocycles. The van der Waals surface area contributed by atoms with Crippen LogP contribution in [0.15, 0.2) is 42.9 Å². The number of aromatic amines is 1. The van der Waals surface area contributed by atoms with Crippen LogP contribution in [0.4, 0.5) is 0 Å². The number of hydrogen-bond donors (Lipinski definition) is 4. The fourth-order valence-corrected chi connectivity index (χ4v) is 12.0. The first-order chi connectivity index (χ1) is 24.9. The number of benzene rings is 1. The number of hydrogen-bond acceptors (Lipinski definition) is 6. The van der Waals surface area contributed by atoms with Crippen molar-refractivity contribution in [2.75, 3.05) is 6.54 Å². The Bertz CT molecular complexity index is 1470. The zero-order valence-electron chi connectivity index (χ0n) is 33.0. The fourth-order valence-electron chi connectivity index (χ4n) is 12.0. The number of aromatic nitrogens is 2. The molecule has 4 N–H and O–H groups in total. The molecular formula is C44H68N4O4. The number of nitrogens with one attached hydrogen (secondary N) is 3. The lowest BCUT2D eigenvalue weighted by atomic mass is 9.42. The van der Waals surface area contributed by atoms with Gasteiger partial charge in [0.05, 0.1) is 17.6 Å². The third kappa shape index (κ3) is 7.90. The largest absolute Gasteiger partial charge is 0.461 e. The summed E-state index contributed by atoms with van der Waals surface area (Å²) in [5, 5.41) is 20.0. The summed E-state index contributed by atoms with van der Waals surface area (Å²) in [6, 6.07) is 8.91. The maximum Gasteiger partial charge on any atom is 0.329 e. The Balaban J connectivity index is 1.21. The third-order valence-electron chi connectivity index (χ3n) is 14.9. The van der Waals surface area contributed by atoms with E-state index in [2.05, 4.69) is 55.2 Å². The lowest BCUT2D eigenvalue weighted by molar-refractivity contribution is -0.237. The number of nitrogens with zero attached hydrogens (tertiary/aromatic N) is 1. The standard InChI is InChI=1S/C44H68N4O4/c1-7-40(49)48-38(24-31-14-9-8-10-15-31)41(50)52-33-18-22-43(6)37-19-21-42(5)35(30(4)13-11-12-29(2)3)16-17-36(42)34(37)25-39(44(43,51)26-33)46-23-20-32-27-45-28-47-32/h8-10,14-15,27-30,33-39,46,51H,7,11-13,16-26H2,1-6H3,(H,45,47)(H,48,49)/t30?,33-,34-,35+,36-,37-,38?,39+,42+,43+,44-/m0/s1. The predicted octanol–water partition coefficient (Wildman–Crippen LogP) is 7.81. The van der Waals surface area contributed by atoms with Gasteiger partial charge in [0.2, 0.25) is 5.91 Å². The van der Waals surface area contributed by atoms with Crippen molar-refractivity contribution < 1.29 is 19.4 Å². The highest BCUT2D eigenvalue weighted by Crippen LogP contribution is 2.69. The number of imidazole rings is 1. The second-order valence-corrected chi connectivity index (χ2v) is 18.3. The number of carbonyl (C=O) groups excluding carboxylic acids is 2. The second-order valence-electron chi connectivity index (χ2n) is 18.3. The molecule has 1 amide bonds. The van der Waals surface area contributed by atoms with Crippen molar-refractivity contribution in [1.82, 2.24) is 20.6 Å². The van der Waals surface area contributed by atoms with Crippen LogP contribution in [0.25, 0.3) is 0 Å². The summed E-state index contributed by atoms with van der Waals surface area (Å²) >= 11 is 0. The van der Waals surface area contributed by atoms with Gasteiger partial charge in [-0.25, -0.2) is 9.78 Å². The van der Waals surface area contributed by atoms with Crippen molar-refractivity contribution in [2.45, 2.75) is 155 Å². The van der Waals surface area contributed by atoms with Gasteiger partial charge < -0.3 is 25.5 Å². The Morgan fingerprint density at radius 3 is 2.54 bits per heavy atom. The van der Waals surface area contributed by atoms with Gasteiger partial charge in [-0.1, -0.05) is 91.1 Å². The summed E-state index contributed by atoms with van der Waals surface area (Å²) in [5.41, 5.74) is 1.03. The molecule has 11 atom stereocenters. The maximum atomic E-state index is 13.8. The number of fused-ring (bicyclic) bond motifs is 5. The highest BCUT2D eigenvalue weighted by Gasteiger charge is 2.68. The number of ether oxygens (including phenoxy) is 1. The minimum atomic E-state index is -1.03. The molecule has 52 heavy (non-hydrogen) atoms. The molecule has 8 heteroatoms. The van der Waals surface area contributed by atoms with Crippen LogP contribution in [-0.4, -0.2) is 57.3 Å². The highest BCUT2D eigenvalue weighted by molar-refractivity contribution is 5.84. The molecule has 4 saturated carbocycles. The topological polar surface area (TPSA) is 116 Å². The predicted molar refractivity (Wildman–Crippen MR) is 206 cm³/mol. The van der Waals surface area contributed by atoms with Crippen LogP contribution >= 0.6 is 0 Å². The Morgan fingerprint density at radius 2 is 1.83 bits per heavy atom. The van der Waals surface area contributed by atoms with Crippen molar-refractivity contribution in [2.24, 2.45) is 46.3 Å². The van der Waals surface area contributed by atoms with Gasteiger partial charge in [-0.3, -0.25) is 4.79 Å². The van der Waals surface area contributed by atoms with E-state index < -0.39 is 23.7 Å². The van der Waals surface area contributed by atoms with Crippen LogP contribution in [0.2, 0.25) is 0 Å². The SMILES string of the molecule is CCC(=O)NC(Cc1ccccc1)C(=O)O[C@H]1CC[C@]2(C)[C@H]3CC[C@]4(C)[C@@H](C(C)CCCC(C)C)CC[C@H]4[C@@H]3C[C@@H](NCCc3c[nH]cn3)[C@@]2(O)C1. The summed E-state index contributed by atoms with van der Waals surface area (Å²) in [4.78, 5) is 33.9. The molecule has 0 radical (unpaired) electrons. The van der Waals surface area contributed by atoms with Crippen LogP contribution < -0.4 is 10.6 Å². The van der Waals surface area contributed by atoms with Crippen molar-refractivity contribution in [3.63, 3.8) is 0 Å². The monoisotopic (exact) mass is 717 g/mol. The molecule has 1 heterocycles. The van der Waals surface area contributed by atoms with Gasteiger partial charge in [0.15, 0.2) is 0 Å². The Hall–Kier alpha value is -2.71. The zero-order valence-corrected chi connectivity index (χ0v) is 33.0. The molecule has 0 bridgehead atoms. The van der Waals surface area contributed by atoms with E-state index in [0.29, 0.717) is 42.4 Å². The molecule has 4 aliphatic carbocycles. The maximum absolute atomic E-state index is 13.8. The minimum Gasteiger partial charge on any atom is -0.461 e. The zero-order chi connectivity index (χ0) is 37.1. The number of aliphatic hydroxyl groups is 1. The van der Waals surface area contributed by atoms with Gasteiger partial charge in [-0.2, -0.15) is 0 Å². The molecule has 8 nitrogen and oxygen atoms in total. The molecule has 2 unspecified atom stereocenters. The average Bonchev–Trinajstić information content (AvgIpc) is 3.76. The van der Waals surface area contributed by atoms with E-state index in [-0.39, 0.29) is 17.4 Å². The number of amides is 1. The number of carbonyl (C=O) groups is 2. The summed E-state index contributed by atoms with van der Waals surface area (Å²) in [5.74, 6) is 3.41. The lowest BCUT2D eigenvalue weighted by Crippen LogP contribution is -2.71. The normalized spacial score (nSPS) is 35.2. The van der Waals surface area contributed by atoms with E-state index in [9.17, 15) is 14.7 Å². The van der Waals surface area contributed by atoms with Gasteiger partial charge in [0.25, 0.3) is 0 Å². The van der Waals surface area contributed by atoms with Gasteiger partial charge in [0, 0.05) is 49.9 Å². The first kappa shape index (κ1) is 39.0. The Labute approximate surface area is 313 Å². The van der Waals surface area contributed by atoms with Crippen LogP contribution in [0, 0.1) is 46.3 Å². The Morgan fingerprint density at radius 1 is 1.04 bits per heavy atom. The van der Waals surface area contributed by atoms with Gasteiger partial charge in [-0.15, -0.1) is 0 Å². The molecular weight excluding hydrogens is 649 g/mol. The smallest absolute Gasteiger partial charge is 0.329 e. The molecule has 2 aromatic rings. The van der Waals surface area contributed by atoms with Crippen molar-refractivity contribution in [3.8, 4) is 0 Å². The fraction of sp³-hybridized carbons (Fsp3) is 0.750. The van der Waals surface area contributed by atoms with E-state index in [1.54, 1.807) is 13.3 Å². The number of rotatable bonds is 15. The van der Waals surface area contributed by atoms with E-state index in [4.69, 9.17) is 4.74 Å². The quantitative estimate of drug-likeness (QED) is 0.140. The van der Waals surface area contributed by atoms with Crippen LogP contribution in [0.1, 0.15) is 130 Å². The van der Waals surface area contributed by atoms with Gasteiger partial charge in [0.1, 0.15) is 12.1 Å². The molecule has 0 spiro atoms. The van der Waals surface area contributed by atoms with Crippen molar-refractivity contribution in [3.05, 3.63) is 54.1 Å². The molecule has 4 fully saturated rings. The summed E-state index contributed by atoms with van der Waals surface area (Å²) < 4.78 is 6.30. The number of H-pyrrole nitrogens is 1. The second kappa shape index (κ2) is 16.3. The highest BCUT2D eigenvalue weighted by atomic mass is 16.5. The molecule has 0 aliphatic heterocycles. The van der Waals surface area contributed by atoms with E-state index in [1.807, 2.05) is 36.5 Å². The third-order valence-corrected chi connectivity index (χ3v) is 14.9. The summed E-state index contributed by atoms with van der Waals surface area (Å²) in [7, 11) is 0. The first-order valence-electron chi connectivity index (χ1n) is 20.8. The minimum absolute atomic E-state index is 0.107. The van der Waals surface area contributed by atoms with Crippen LogP contribution in [-0.2, 0) is 27.2 Å². The summed E-state index contributed by atoms with van der Waals surface area (Å²) in [6.45, 7) is 14.7. The van der Waals surface area contributed by atoms with E-state index in [0.717, 1.165) is 61.2 Å². The molecule has 1 aromatic heterocycles. The van der Waals surface area contributed by atoms with E-state index in [1.165, 1.54) is 44.9 Å². The first-order valence-corrected chi connectivity index (χ1v) is 20.8. The molecule has 4 aliphatic rings. The average molecular weight is 717 g/mol. The molecule has 1 aromatic carbocycles. The molecule has 6 rings (SSSR count). The van der Waals surface area contributed by atoms with Crippen LogP contribution in [0.5, 0.6) is 0 Å². The van der Waals surface area contributed by atoms with Gasteiger partial charge >= 0.3 is 5.97 Å². The number of esters is 1.